The summed E-state index contributed by atoms with van der Waals surface area (Å²) in [7, 11) is -7.62. The summed E-state index contributed by atoms with van der Waals surface area (Å²) < 4.78 is 220. The molecule has 0 aromatic carbocycles. The van der Waals surface area contributed by atoms with Crippen LogP contribution in [-0.2, 0) is 14.3 Å². The van der Waals surface area contributed by atoms with E-state index in [2.05, 4.69) is 0 Å². The summed E-state index contributed by atoms with van der Waals surface area (Å²) >= 11 is 0. The highest BCUT2D eigenvalue weighted by Gasteiger charge is 2.83. The molecule has 0 rings (SSSR count). The third-order valence-corrected chi connectivity index (χ3v) is 3.36. The highest BCUT2D eigenvalue weighted by Crippen LogP contribution is 2.56. The van der Waals surface area contributed by atoms with Gasteiger partial charge in [0.15, 0.2) is 0 Å². The van der Waals surface area contributed by atoms with Gasteiger partial charge in [-0.25, -0.2) is 4.39 Å². The van der Waals surface area contributed by atoms with E-state index in [-0.39, 0.29) is 0 Å². The topological polar surface area (TPSA) is 43.4 Å². The highest BCUT2D eigenvalue weighted by atomic mass is 32.2. The Bertz CT molecular complexity index is 726. The smallest absolute Gasteiger partial charge is 0.202 e. The lowest BCUT2D eigenvalue weighted by Crippen LogP contribution is -2.61. The Morgan fingerprint density at radius 3 is 1.25 bits per heavy atom. The van der Waals surface area contributed by atoms with E-state index in [4.69, 9.17) is 0 Å². The van der Waals surface area contributed by atoms with Crippen molar-refractivity contribution in [3.63, 3.8) is 0 Å². The molecule has 0 radical (unpaired) electrons. The number of alkyl halides is 14. The first kappa shape index (κ1) is 26.5. The zero-order valence-electron chi connectivity index (χ0n) is 11.7. The lowest BCUT2D eigenvalue weighted by atomic mass is 10.0. The van der Waals surface area contributed by atoms with Crippen LogP contribution in [0.3, 0.4) is 0 Å². The van der Waals surface area contributed by atoms with Gasteiger partial charge in [-0.1, -0.05) is 0 Å². The maximum absolute atomic E-state index is 12.9. The fourth-order valence-electron chi connectivity index (χ4n) is 1.00. The van der Waals surface area contributed by atoms with Crippen LogP contribution in [0, 0.1) is 0 Å². The van der Waals surface area contributed by atoms with Crippen LogP contribution in [0.15, 0.2) is 11.7 Å². The highest BCUT2D eigenvalue weighted by molar-refractivity contribution is 7.87. The minimum Gasteiger partial charge on any atom is -0.202 e. The first-order valence-electron chi connectivity index (χ1n) is 5.43. The second-order valence-electron chi connectivity index (χ2n) is 4.35. The Hall–Kier alpha value is -1.47. The number of allylic oxidation sites excluding steroid dienone is 1. The predicted octanol–water partition coefficient (Wildman–Crippen LogP) is 5.06. The van der Waals surface area contributed by atoms with Crippen molar-refractivity contribution in [2.24, 2.45) is 0 Å². The third kappa shape index (κ3) is 4.25. The van der Waals surface area contributed by atoms with Gasteiger partial charge in [-0.2, -0.15) is 78.5 Å². The van der Waals surface area contributed by atoms with Gasteiger partial charge in [-0.15, -0.1) is 0 Å². The van der Waals surface area contributed by atoms with Crippen molar-refractivity contribution >= 4 is 10.1 Å². The Labute approximate surface area is 141 Å². The maximum Gasteiger partial charge on any atom is 0.523 e. The molecule has 0 spiro atoms. The molecule has 0 saturated carbocycles. The molecule has 0 amide bonds. The van der Waals surface area contributed by atoms with Gasteiger partial charge in [0.25, 0.3) is 0 Å². The second kappa shape index (κ2) is 6.80. The number of hydrogen-bond donors (Lipinski definition) is 0. The van der Waals surface area contributed by atoms with Crippen molar-refractivity contribution in [1.29, 1.82) is 0 Å². The van der Waals surface area contributed by atoms with Crippen LogP contribution in [0.5, 0.6) is 0 Å². The molecule has 0 unspecified atom stereocenters. The van der Waals surface area contributed by atoms with Crippen LogP contribution in [0.1, 0.15) is 0 Å². The molecule has 0 aromatic heterocycles. The SMILES string of the molecule is O=S(=O)(OC(F)(F)/C(F)=C(\F)C(F)(F)C(F)(F)C(F)(F)C(F)(F)F)C(F)(F)F. The average Bonchev–Trinajstić information content (AvgIpc) is 2.41. The van der Waals surface area contributed by atoms with Gasteiger partial charge in [0.2, 0.25) is 11.7 Å². The average molecular weight is 480 g/mol. The fraction of sp³-hybridized carbons (Fsp3) is 0.750. The molecule has 20 heteroatoms. The fourth-order valence-corrected chi connectivity index (χ4v) is 1.44. The molecule has 168 valence electrons. The van der Waals surface area contributed by atoms with Gasteiger partial charge in [0.1, 0.15) is 0 Å². The Morgan fingerprint density at radius 1 is 0.607 bits per heavy atom. The van der Waals surface area contributed by atoms with E-state index < -0.39 is 57.3 Å². The Kier molecular flexibility index (Phi) is 6.44. The predicted molar refractivity (Wildman–Crippen MR) is 51.1 cm³/mol. The van der Waals surface area contributed by atoms with Gasteiger partial charge >= 0.3 is 45.7 Å². The lowest BCUT2D eigenvalue weighted by molar-refractivity contribution is -0.392. The summed E-state index contributed by atoms with van der Waals surface area (Å²) in [6.07, 6.45) is -14.6. The summed E-state index contributed by atoms with van der Waals surface area (Å²) in [4.78, 5) is 0. The zero-order chi connectivity index (χ0) is 23.4. The molecule has 0 aliphatic heterocycles. The number of halogens is 16. The second-order valence-corrected chi connectivity index (χ2v) is 5.89. The van der Waals surface area contributed by atoms with Crippen LogP contribution < -0.4 is 0 Å². The van der Waals surface area contributed by atoms with Gasteiger partial charge < -0.3 is 0 Å². The summed E-state index contributed by atoms with van der Waals surface area (Å²) in [5.41, 5.74) is -6.83. The first-order chi connectivity index (χ1) is 11.8. The number of rotatable bonds is 6. The van der Waals surface area contributed by atoms with E-state index in [1.165, 1.54) is 0 Å². The van der Waals surface area contributed by atoms with Crippen LogP contribution >= 0.6 is 0 Å². The summed E-state index contributed by atoms with van der Waals surface area (Å²) in [5, 5.41) is 0. The van der Waals surface area contributed by atoms with Crippen molar-refractivity contribution in [3.8, 4) is 0 Å². The van der Waals surface area contributed by atoms with Crippen LogP contribution in [0.4, 0.5) is 70.2 Å². The normalized spacial score (nSPS) is 16.9. The summed E-state index contributed by atoms with van der Waals surface area (Å²) in [5.74, 6) is -33.8. The molecular formula is C8F16O3S. The van der Waals surface area contributed by atoms with Gasteiger partial charge in [0.05, 0.1) is 0 Å². The molecule has 0 aromatic rings. The molecule has 0 heterocycles. The largest absolute Gasteiger partial charge is 0.523 e. The van der Waals surface area contributed by atoms with E-state index in [0.29, 0.717) is 0 Å². The first-order valence-corrected chi connectivity index (χ1v) is 6.84. The molecule has 0 atom stereocenters. The van der Waals surface area contributed by atoms with Crippen molar-refractivity contribution in [3.05, 3.63) is 11.7 Å². The van der Waals surface area contributed by atoms with Crippen molar-refractivity contribution in [2.45, 2.75) is 35.6 Å². The molecule has 28 heavy (non-hydrogen) atoms. The van der Waals surface area contributed by atoms with Crippen LogP contribution in [0.2, 0.25) is 0 Å². The molecule has 0 aliphatic carbocycles. The quantitative estimate of drug-likeness (QED) is 0.303. The van der Waals surface area contributed by atoms with Crippen molar-refractivity contribution in [2.75, 3.05) is 0 Å². The zero-order valence-corrected chi connectivity index (χ0v) is 12.5. The summed E-state index contributed by atoms with van der Waals surface area (Å²) in [6, 6.07) is 0. The Morgan fingerprint density at radius 2 is 0.964 bits per heavy atom. The number of hydrogen-bond acceptors (Lipinski definition) is 3. The summed E-state index contributed by atoms with van der Waals surface area (Å²) in [6.45, 7) is 0. The molecule has 0 bridgehead atoms. The van der Waals surface area contributed by atoms with Gasteiger partial charge in [-0.05, 0) is 0 Å². The molecule has 0 saturated heterocycles. The maximum atomic E-state index is 12.9. The molecule has 3 nitrogen and oxygen atoms in total. The third-order valence-electron chi connectivity index (χ3n) is 2.37. The molecule has 0 fully saturated rings. The van der Waals surface area contributed by atoms with E-state index in [1.807, 2.05) is 0 Å². The van der Waals surface area contributed by atoms with E-state index in [9.17, 15) is 78.7 Å². The molecule has 0 aliphatic rings. The lowest BCUT2D eigenvalue weighted by Gasteiger charge is -2.33. The van der Waals surface area contributed by atoms with Gasteiger partial charge in [-0.3, -0.25) is 0 Å². The monoisotopic (exact) mass is 480 g/mol. The Balaban J connectivity index is 6.42. The standard InChI is InChI=1S/C8F16O3S/c9-1(2(10)4(13,14)27-28(25,26)8(22,23)24)3(11,12)5(15,16)6(17,18)7(19,20)21/b2-1+. The van der Waals surface area contributed by atoms with Crippen LogP contribution in [-0.4, -0.2) is 44.0 Å². The molecular weight excluding hydrogens is 480 g/mol. The van der Waals surface area contributed by atoms with Gasteiger partial charge in [0, 0.05) is 0 Å². The van der Waals surface area contributed by atoms with Crippen LogP contribution in [0.25, 0.3) is 0 Å². The van der Waals surface area contributed by atoms with Crippen molar-refractivity contribution in [1.82, 2.24) is 0 Å². The molecule has 0 N–H and O–H groups in total. The van der Waals surface area contributed by atoms with E-state index in [1.54, 1.807) is 4.18 Å². The van der Waals surface area contributed by atoms with Crippen molar-refractivity contribution < 1.29 is 82.8 Å². The minimum absolute atomic E-state index is 1.69. The van der Waals surface area contributed by atoms with E-state index in [0.717, 1.165) is 0 Å². The minimum atomic E-state index is -8.02. The van der Waals surface area contributed by atoms with E-state index >= 15 is 0 Å².